The second-order valence-electron chi connectivity index (χ2n) is 8.03. The van der Waals surface area contributed by atoms with E-state index in [9.17, 15) is 14.0 Å². The van der Waals surface area contributed by atoms with Crippen LogP contribution in [0.2, 0.25) is 0 Å². The molecule has 162 valence electrons. The molecule has 0 bridgehead atoms. The maximum absolute atomic E-state index is 13.5. The molecule has 1 aliphatic heterocycles. The molecule has 1 aromatic heterocycles. The van der Waals surface area contributed by atoms with Crippen LogP contribution in [0.25, 0.3) is 0 Å². The summed E-state index contributed by atoms with van der Waals surface area (Å²) in [6, 6.07) is 6.24. The summed E-state index contributed by atoms with van der Waals surface area (Å²) in [5.74, 6) is -0.369. The average molecular weight is 416 g/mol. The van der Waals surface area contributed by atoms with Gasteiger partial charge in [-0.1, -0.05) is 26.0 Å². The maximum Gasteiger partial charge on any atom is 0.257 e. The molecule has 0 saturated carbocycles. The van der Waals surface area contributed by atoms with Gasteiger partial charge in [0.25, 0.3) is 5.91 Å². The first kappa shape index (κ1) is 22.0. The van der Waals surface area contributed by atoms with E-state index in [0.29, 0.717) is 36.7 Å². The molecule has 0 spiro atoms. The summed E-state index contributed by atoms with van der Waals surface area (Å²) >= 11 is 0. The molecule has 2 amide bonds. The summed E-state index contributed by atoms with van der Waals surface area (Å²) in [6.07, 6.45) is 2.84. The van der Waals surface area contributed by atoms with E-state index in [1.807, 2.05) is 20.8 Å². The third kappa shape index (κ3) is 5.66. The highest BCUT2D eigenvalue weighted by molar-refractivity contribution is 5.96. The molecule has 0 unspecified atom stereocenters. The average Bonchev–Trinajstić information content (AvgIpc) is 3.13. The lowest BCUT2D eigenvalue weighted by molar-refractivity contribution is -0.132. The van der Waals surface area contributed by atoms with Gasteiger partial charge in [-0.2, -0.15) is 5.10 Å². The van der Waals surface area contributed by atoms with Crippen molar-refractivity contribution >= 4 is 11.8 Å². The predicted molar refractivity (Wildman–Crippen MR) is 110 cm³/mol. The number of halogens is 1. The van der Waals surface area contributed by atoms with E-state index in [4.69, 9.17) is 4.74 Å². The highest BCUT2D eigenvalue weighted by Gasteiger charge is 2.32. The van der Waals surface area contributed by atoms with Crippen molar-refractivity contribution in [2.24, 2.45) is 5.92 Å². The van der Waals surface area contributed by atoms with Crippen molar-refractivity contribution in [3.8, 4) is 0 Å². The fraction of sp³-hybridized carbons (Fsp3) is 0.500. The molecule has 2 heterocycles. The number of carbonyl (C=O) groups excluding carboxylic acids is 2. The van der Waals surface area contributed by atoms with Crippen LogP contribution in [-0.4, -0.2) is 63.7 Å². The van der Waals surface area contributed by atoms with Gasteiger partial charge in [0, 0.05) is 32.4 Å². The molecule has 0 aliphatic carbocycles. The van der Waals surface area contributed by atoms with Crippen molar-refractivity contribution in [1.29, 1.82) is 0 Å². The monoisotopic (exact) mass is 416 g/mol. The Morgan fingerprint density at radius 1 is 1.33 bits per heavy atom. The van der Waals surface area contributed by atoms with Crippen LogP contribution in [0.1, 0.15) is 36.7 Å². The van der Waals surface area contributed by atoms with Gasteiger partial charge >= 0.3 is 0 Å². The Bertz CT molecular complexity index is 883. The predicted octanol–water partition coefficient (Wildman–Crippen LogP) is 2.57. The van der Waals surface area contributed by atoms with Crippen LogP contribution in [0.5, 0.6) is 0 Å². The van der Waals surface area contributed by atoms with Gasteiger partial charge in [-0.05, 0) is 30.5 Å². The van der Waals surface area contributed by atoms with E-state index in [1.165, 1.54) is 23.2 Å². The Hall–Kier alpha value is -2.74. The molecule has 8 heteroatoms. The Balaban J connectivity index is 1.76. The van der Waals surface area contributed by atoms with Crippen LogP contribution in [0.3, 0.4) is 0 Å². The standard InChI is InChI=1S/C22H29FN4O3/c1-4-27-11-18(9-24-27)22(29)26-13-20(12-25(10-16(2)3)21(28)14-26)30-15-17-6-5-7-19(23)8-17/h5-9,11,16,20H,4,10,12-15H2,1-3H3/t20-/m0/s1. The normalized spacial score (nSPS) is 17.5. The van der Waals surface area contributed by atoms with Gasteiger partial charge in [0.2, 0.25) is 5.91 Å². The van der Waals surface area contributed by atoms with Gasteiger partial charge in [0.15, 0.2) is 0 Å². The minimum Gasteiger partial charge on any atom is -0.370 e. The molecule has 1 atom stereocenters. The number of rotatable bonds is 7. The zero-order chi connectivity index (χ0) is 21.7. The number of benzene rings is 1. The minimum absolute atomic E-state index is 0.00266. The Morgan fingerprint density at radius 2 is 2.13 bits per heavy atom. The molecule has 3 rings (SSSR count). The van der Waals surface area contributed by atoms with Crippen LogP contribution in [0.15, 0.2) is 36.7 Å². The molecular weight excluding hydrogens is 387 g/mol. The van der Waals surface area contributed by atoms with Crippen molar-refractivity contribution in [2.45, 2.75) is 40.0 Å². The number of aryl methyl sites for hydroxylation is 1. The fourth-order valence-electron chi connectivity index (χ4n) is 3.53. The number of carbonyl (C=O) groups is 2. The quantitative estimate of drug-likeness (QED) is 0.696. The molecule has 0 radical (unpaired) electrons. The zero-order valence-corrected chi connectivity index (χ0v) is 17.8. The largest absolute Gasteiger partial charge is 0.370 e. The molecule has 1 fully saturated rings. The summed E-state index contributed by atoms with van der Waals surface area (Å²) in [5, 5.41) is 4.16. The Labute approximate surface area is 176 Å². The van der Waals surface area contributed by atoms with Crippen molar-refractivity contribution in [3.63, 3.8) is 0 Å². The zero-order valence-electron chi connectivity index (χ0n) is 17.8. The highest BCUT2D eigenvalue weighted by atomic mass is 19.1. The first-order chi connectivity index (χ1) is 14.4. The van der Waals surface area contributed by atoms with Gasteiger partial charge in [-0.25, -0.2) is 4.39 Å². The number of hydrogen-bond donors (Lipinski definition) is 0. The van der Waals surface area contributed by atoms with Gasteiger partial charge < -0.3 is 14.5 Å². The fourth-order valence-corrected chi connectivity index (χ4v) is 3.53. The molecule has 7 nitrogen and oxygen atoms in total. The van der Waals surface area contributed by atoms with Crippen LogP contribution in [0.4, 0.5) is 4.39 Å². The highest BCUT2D eigenvalue weighted by Crippen LogP contribution is 2.15. The van der Waals surface area contributed by atoms with E-state index < -0.39 is 0 Å². The van der Waals surface area contributed by atoms with E-state index in [0.717, 1.165) is 0 Å². The SMILES string of the molecule is CCn1cc(C(=O)N2CC(=O)N(CC(C)C)C[C@H](OCc3cccc(F)c3)C2)cn1. The summed E-state index contributed by atoms with van der Waals surface area (Å²) in [4.78, 5) is 29.1. The van der Waals surface area contributed by atoms with Crippen molar-refractivity contribution in [3.05, 3.63) is 53.6 Å². The second kappa shape index (κ2) is 9.84. The first-order valence-corrected chi connectivity index (χ1v) is 10.3. The van der Waals surface area contributed by atoms with Gasteiger partial charge in [0.05, 0.1) is 24.5 Å². The minimum atomic E-state index is -0.372. The van der Waals surface area contributed by atoms with E-state index >= 15 is 0 Å². The second-order valence-corrected chi connectivity index (χ2v) is 8.03. The Kier molecular flexibility index (Phi) is 7.20. The number of aromatic nitrogens is 2. The first-order valence-electron chi connectivity index (χ1n) is 10.3. The molecular formula is C22H29FN4O3. The molecule has 1 aromatic carbocycles. The van der Waals surface area contributed by atoms with Crippen molar-refractivity contribution in [1.82, 2.24) is 19.6 Å². The number of hydrogen-bond acceptors (Lipinski definition) is 4. The third-order valence-electron chi connectivity index (χ3n) is 4.98. The smallest absolute Gasteiger partial charge is 0.257 e. The number of ether oxygens (including phenoxy) is 1. The van der Waals surface area contributed by atoms with Gasteiger partial charge in [0.1, 0.15) is 12.4 Å². The van der Waals surface area contributed by atoms with Gasteiger partial charge in [-0.15, -0.1) is 0 Å². The third-order valence-corrected chi connectivity index (χ3v) is 4.98. The Morgan fingerprint density at radius 3 is 2.80 bits per heavy atom. The molecule has 30 heavy (non-hydrogen) atoms. The lowest BCUT2D eigenvalue weighted by atomic mass is 10.2. The van der Waals surface area contributed by atoms with Gasteiger partial charge in [-0.3, -0.25) is 14.3 Å². The summed E-state index contributed by atoms with van der Waals surface area (Å²) in [6.45, 7) is 8.17. The molecule has 1 saturated heterocycles. The van der Waals surface area contributed by atoms with Crippen LogP contribution >= 0.6 is 0 Å². The van der Waals surface area contributed by atoms with E-state index in [2.05, 4.69) is 5.10 Å². The number of nitrogens with zero attached hydrogens (tertiary/aromatic N) is 4. The summed E-state index contributed by atoms with van der Waals surface area (Å²) in [7, 11) is 0. The maximum atomic E-state index is 13.5. The lowest BCUT2D eigenvalue weighted by Gasteiger charge is -2.26. The summed E-state index contributed by atoms with van der Waals surface area (Å²) in [5.41, 5.74) is 1.16. The molecule has 2 aromatic rings. The van der Waals surface area contributed by atoms with Crippen molar-refractivity contribution in [2.75, 3.05) is 26.2 Å². The molecule has 1 aliphatic rings. The van der Waals surface area contributed by atoms with E-state index in [1.54, 1.807) is 27.9 Å². The topological polar surface area (TPSA) is 67.7 Å². The van der Waals surface area contributed by atoms with Crippen LogP contribution < -0.4 is 0 Å². The van der Waals surface area contributed by atoms with Crippen LogP contribution in [-0.2, 0) is 22.7 Å². The lowest BCUT2D eigenvalue weighted by Crippen LogP contribution is -2.40. The van der Waals surface area contributed by atoms with Crippen molar-refractivity contribution < 1.29 is 18.7 Å². The summed E-state index contributed by atoms with van der Waals surface area (Å²) < 4.78 is 21.2. The number of amides is 2. The van der Waals surface area contributed by atoms with Crippen LogP contribution in [0, 0.1) is 11.7 Å². The molecule has 0 N–H and O–H groups in total. The van der Waals surface area contributed by atoms with E-state index in [-0.39, 0.29) is 43.4 Å².